The van der Waals surface area contributed by atoms with E-state index in [1.54, 1.807) is 11.0 Å². The minimum Gasteiger partial charge on any atom is -0.481 e. The minimum atomic E-state index is -0.898. The van der Waals surface area contributed by atoms with Crippen molar-refractivity contribution in [2.45, 2.75) is 19.0 Å². The normalized spacial score (nSPS) is 15.2. The number of carboxylic acid groups (broad SMARTS) is 1. The van der Waals surface area contributed by atoms with Gasteiger partial charge in [0.25, 0.3) is 5.91 Å². The maximum atomic E-state index is 12.5. The Morgan fingerprint density at radius 1 is 1.35 bits per heavy atom. The number of carbonyl (C=O) groups is 2. The standard InChI is InChI=1S/C15H13NO3S/c17-14(18)7-13(11-5-6-20-9-11)16-8-10-3-1-2-4-12(10)15(16)19/h1-6,9,13H,7-8H2,(H,17,18)/t13-/m0/s1. The van der Waals surface area contributed by atoms with E-state index in [1.807, 2.05) is 35.0 Å². The largest absolute Gasteiger partial charge is 0.481 e. The zero-order chi connectivity index (χ0) is 14.1. The zero-order valence-corrected chi connectivity index (χ0v) is 11.5. The molecule has 5 heteroatoms. The van der Waals surface area contributed by atoms with Crippen LogP contribution in [0.2, 0.25) is 0 Å². The Balaban J connectivity index is 1.94. The van der Waals surface area contributed by atoms with Crippen LogP contribution < -0.4 is 0 Å². The molecule has 0 unspecified atom stereocenters. The second-order valence-corrected chi connectivity index (χ2v) is 5.54. The molecule has 1 aliphatic rings. The number of amides is 1. The summed E-state index contributed by atoms with van der Waals surface area (Å²) in [6, 6.07) is 8.92. The molecule has 4 nitrogen and oxygen atoms in total. The van der Waals surface area contributed by atoms with E-state index < -0.39 is 12.0 Å². The number of hydrogen-bond acceptors (Lipinski definition) is 3. The van der Waals surface area contributed by atoms with Crippen molar-refractivity contribution in [2.75, 3.05) is 0 Å². The SMILES string of the molecule is O=C(O)C[C@@H](c1ccsc1)N1Cc2ccccc2C1=O. The number of hydrogen-bond donors (Lipinski definition) is 1. The van der Waals surface area contributed by atoms with Crippen LogP contribution in [0.4, 0.5) is 0 Å². The van der Waals surface area contributed by atoms with Crippen LogP contribution in [0.1, 0.15) is 33.9 Å². The van der Waals surface area contributed by atoms with E-state index in [0.717, 1.165) is 11.1 Å². The average Bonchev–Trinajstić information content (AvgIpc) is 3.05. The van der Waals surface area contributed by atoms with Gasteiger partial charge >= 0.3 is 5.97 Å². The topological polar surface area (TPSA) is 57.6 Å². The third-order valence-electron chi connectivity index (χ3n) is 3.52. The Labute approximate surface area is 120 Å². The third-order valence-corrected chi connectivity index (χ3v) is 4.22. The van der Waals surface area contributed by atoms with Crippen molar-refractivity contribution in [1.82, 2.24) is 4.90 Å². The van der Waals surface area contributed by atoms with Gasteiger partial charge < -0.3 is 10.0 Å². The Morgan fingerprint density at radius 2 is 2.15 bits per heavy atom. The summed E-state index contributed by atoms with van der Waals surface area (Å²) in [5, 5.41) is 12.9. The molecule has 1 aliphatic heterocycles. The maximum Gasteiger partial charge on any atom is 0.305 e. The quantitative estimate of drug-likeness (QED) is 0.940. The first-order valence-corrected chi connectivity index (χ1v) is 7.24. The lowest BCUT2D eigenvalue weighted by Crippen LogP contribution is -2.30. The van der Waals surface area contributed by atoms with Crippen LogP contribution in [0.25, 0.3) is 0 Å². The molecule has 1 amide bonds. The highest BCUT2D eigenvalue weighted by molar-refractivity contribution is 7.08. The molecule has 102 valence electrons. The molecular weight excluding hydrogens is 274 g/mol. The predicted octanol–water partition coefficient (Wildman–Crippen LogP) is 2.92. The van der Waals surface area contributed by atoms with Crippen molar-refractivity contribution in [3.8, 4) is 0 Å². The van der Waals surface area contributed by atoms with Crippen LogP contribution in [0, 0.1) is 0 Å². The highest BCUT2D eigenvalue weighted by Crippen LogP contribution is 2.34. The number of nitrogens with zero attached hydrogens (tertiary/aromatic N) is 1. The Kier molecular flexibility index (Phi) is 3.28. The first-order valence-electron chi connectivity index (χ1n) is 6.29. The Morgan fingerprint density at radius 3 is 2.80 bits per heavy atom. The van der Waals surface area contributed by atoms with Crippen molar-refractivity contribution in [1.29, 1.82) is 0 Å². The summed E-state index contributed by atoms with van der Waals surface area (Å²) in [5.41, 5.74) is 2.53. The van der Waals surface area contributed by atoms with Gasteiger partial charge in [-0.1, -0.05) is 18.2 Å². The number of carbonyl (C=O) groups excluding carboxylic acids is 1. The van der Waals surface area contributed by atoms with Gasteiger partial charge in [-0.3, -0.25) is 9.59 Å². The van der Waals surface area contributed by atoms with Crippen molar-refractivity contribution < 1.29 is 14.7 Å². The first-order chi connectivity index (χ1) is 9.66. The zero-order valence-electron chi connectivity index (χ0n) is 10.7. The van der Waals surface area contributed by atoms with Gasteiger partial charge in [-0.25, -0.2) is 0 Å². The van der Waals surface area contributed by atoms with E-state index in [-0.39, 0.29) is 12.3 Å². The Bertz CT molecular complexity index is 651. The van der Waals surface area contributed by atoms with Crippen LogP contribution in [0.3, 0.4) is 0 Å². The molecule has 0 bridgehead atoms. The number of thiophene rings is 1. The van der Waals surface area contributed by atoms with Crippen LogP contribution in [-0.2, 0) is 11.3 Å². The molecule has 0 fully saturated rings. The third kappa shape index (κ3) is 2.20. The van der Waals surface area contributed by atoms with E-state index in [4.69, 9.17) is 5.11 Å². The fraction of sp³-hybridized carbons (Fsp3) is 0.200. The summed E-state index contributed by atoms with van der Waals surface area (Å²) in [7, 11) is 0. The van der Waals surface area contributed by atoms with Gasteiger partial charge in [0, 0.05) is 12.1 Å². The molecule has 0 aliphatic carbocycles. The summed E-state index contributed by atoms with van der Waals surface area (Å²) in [6.07, 6.45) is -0.0730. The monoisotopic (exact) mass is 287 g/mol. The molecule has 0 radical (unpaired) electrons. The van der Waals surface area contributed by atoms with E-state index in [9.17, 15) is 9.59 Å². The molecule has 0 saturated heterocycles. The summed E-state index contributed by atoms with van der Waals surface area (Å²) in [5.74, 6) is -0.983. The number of benzene rings is 1. The van der Waals surface area contributed by atoms with Crippen LogP contribution in [0.15, 0.2) is 41.1 Å². The summed E-state index contributed by atoms with van der Waals surface area (Å²) < 4.78 is 0. The van der Waals surface area contributed by atoms with Gasteiger partial charge in [-0.2, -0.15) is 11.3 Å². The second-order valence-electron chi connectivity index (χ2n) is 4.76. The van der Waals surface area contributed by atoms with Gasteiger partial charge in [0.15, 0.2) is 0 Å². The van der Waals surface area contributed by atoms with Crippen LogP contribution in [0.5, 0.6) is 0 Å². The van der Waals surface area contributed by atoms with Gasteiger partial charge in [-0.15, -0.1) is 0 Å². The fourth-order valence-corrected chi connectivity index (χ4v) is 3.27. The lowest BCUT2D eigenvalue weighted by molar-refractivity contribution is -0.138. The number of aliphatic carboxylic acids is 1. The first kappa shape index (κ1) is 12.9. The average molecular weight is 287 g/mol. The van der Waals surface area contributed by atoms with Gasteiger partial charge in [0.2, 0.25) is 0 Å². The summed E-state index contributed by atoms with van der Waals surface area (Å²) in [6.45, 7) is 0.475. The van der Waals surface area contributed by atoms with Crippen molar-refractivity contribution >= 4 is 23.2 Å². The lowest BCUT2D eigenvalue weighted by Gasteiger charge is -2.26. The van der Waals surface area contributed by atoms with Crippen LogP contribution in [-0.4, -0.2) is 21.9 Å². The Hall–Kier alpha value is -2.14. The van der Waals surface area contributed by atoms with Gasteiger partial charge in [0.1, 0.15) is 0 Å². The van der Waals surface area contributed by atoms with Gasteiger partial charge in [0.05, 0.1) is 12.5 Å². The van der Waals surface area contributed by atoms with E-state index >= 15 is 0 Å². The number of rotatable bonds is 4. The molecule has 1 N–H and O–H groups in total. The predicted molar refractivity (Wildman–Crippen MR) is 75.6 cm³/mol. The molecule has 2 aromatic rings. The van der Waals surface area contributed by atoms with Crippen molar-refractivity contribution in [3.05, 3.63) is 57.8 Å². The highest BCUT2D eigenvalue weighted by atomic mass is 32.1. The van der Waals surface area contributed by atoms with Crippen LogP contribution >= 0.6 is 11.3 Å². The fourth-order valence-electron chi connectivity index (χ4n) is 2.57. The van der Waals surface area contributed by atoms with E-state index in [1.165, 1.54) is 11.3 Å². The molecule has 1 atom stereocenters. The molecule has 2 heterocycles. The van der Waals surface area contributed by atoms with E-state index in [0.29, 0.717) is 12.1 Å². The highest BCUT2D eigenvalue weighted by Gasteiger charge is 2.34. The van der Waals surface area contributed by atoms with E-state index in [2.05, 4.69) is 0 Å². The molecule has 0 saturated carbocycles. The second kappa shape index (κ2) is 5.09. The minimum absolute atomic E-state index is 0.0730. The van der Waals surface area contributed by atoms with Crippen molar-refractivity contribution in [2.24, 2.45) is 0 Å². The molecule has 3 rings (SSSR count). The molecule has 20 heavy (non-hydrogen) atoms. The molecule has 1 aromatic heterocycles. The summed E-state index contributed by atoms with van der Waals surface area (Å²) in [4.78, 5) is 25.2. The maximum absolute atomic E-state index is 12.5. The van der Waals surface area contributed by atoms with Gasteiger partial charge in [-0.05, 0) is 34.0 Å². The molecule has 0 spiro atoms. The molecular formula is C15H13NO3S. The number of fused-ring (bicyclic) bond motifs is 1. The molecule has 1 aromatic carbocycles. The smallest absolute Gasteiger partial charge is 0.305 e. The summed E-state index contributed by atoms with van der Waals surface area (Å²) >= 11 is 1.51. The number of carboxylic acids is 1. The lowest BCUT2D eigenvalue weighted by atomic mass is 10.1. The van der Waals surface area contributed by atoms with Crippen molar-refractivity contribution in [3.63, 3.8) is 0 Å².